The van der Waals surface area contributed by atoms with Gasteiger partial charge in [0.25, 0.3) is 0 Å². The Labute approximate surface area is 192 Å². The lowest BCUT2D eigenvalue weighted by atomic mass is 10.1. The Morgan fingerprint density at radius 1 is 1.06 bits per heavy atom. The van der Waals surface area contributed by atoms with E-state index in [2.05, 4.69) is 25.6 Å². The number of rotatable bonds is 10. The lowest BCUT2D eigenvalue weighted by Gasteiger charge is -2.25. The van der Waals surface area contributed by atoms with Crippen LogP contribution in [0.3, 0.4) is 0 Å². The third-order valence-electron chi connectivity index (χ3n) is 5.72. The van der Waals surface area contributed by atoms with E-state index in [1.54, 1.807) is 24.3 Å². The maximum Gasteiger partial charge on any atom is 0.241 e. The fraction of sp³-hybridized carbons (Fsp3) is 0.435. The molecule has 1 aliphatic heterocycles. The number of ether oxygens (including phenoxy) is 1. The number of benzene rings is 2. The molecule has 0 radical (unpaired) electrons. The first-order valence-electron chi connectivity index (χ1n) is 10.7. The molecular formula is C23H27BrN2O4S. The molecule has 2 aromatic carbocycles. The molecule has 1 unspecified atom stereocenters. The summed E-state index contributed by atoms with van der Waals surface area (Å²) in [4.78, 5) is 14.5. The summed E-state index contributed by atoms with van der Waals surface area (Å²) in [6.07, 6.45) is 4.38. The van der Waals surface area contributed by atoms with Crippen molar-refractivity contribution in [2.75, 3.05) is 19.7 Å². The Hall–Kier alpha value is -1.74. The van der Waals surface area contributed by atoms with E-state index in [1.807, 2.05) is 24.3 Å². The molecule has 1 heterocycles. The molecule has 31 heavy (non-hydrogen) atoms. The number of nitrogens with one attached hydrogen (secondary N) is 1. The second-order valence-corrected chi connectivity index (χ2v) is 10.8. The van der Waals surface area contributed by atoms with Crippen molar-refractivity contribution in [3.8, 4) is 5.75 Å². The lowest BCUT2D eigenvalue weighted by Crippen LogP contribution is -2.44. The maximum absolute atomic E-state index is 12.7. The molecular weight excluding hydrogens is 480 g/mol. The highest BCUT2D eigenvalue weighted by molar-refractivity contribution is 9.10. The molecule has 8 heteroatoms. The van der Waals surface area contributed by atoms with Crippen LogP contribution in [0.4, 0.5) is 0 Å². The van der Waals surface area contributed by atoms with Crippen LogP contribution in [0.15, 0.2) is 57.9 Å². The number of likely N-dealkylation sites (tertiary alicyclic amines) is 1. The summed E-state index contributed by atoms with van der Waals surface area (Å²) in [5, 5.41) is 0. The Morgan fingerprint density at radius 2 is 1.77 bits per heavy atom. The van der Waals surface area contributed by atoms with Crippen LogP contribution in [0.2, 0.25) is 0 Å². The van der Waals surface area contributed by atoms with Crippen LogP contribution in [0.5, 0.6) is 5.75 Å². The molecule has 0 amide bonds. The summed E-state index contributed by atoms with van der Waals surface area (Å²) < 4.78 is 34.9. The highest BCUT2D eigenvalue weighted by Gasteiger charge is 2.30. The Balaban J connectivity index is 1.23. The molecule has 1 saturated carbocycles. The van der Waals surface area contributed by atoms with Gasteiger partial charge in [0.2, 0.25) is 10.0 Å². The molecule has 2 aromatic rings. The molecule has 1 aliphatic carbocycles. The van der Waals surface area contributed by atoms with Crippen LogP contribution >= 0.6 is 15.9 Å². The zero-order valence-corrected chi connectivity index (χ0v) is 19.7. The van der Waals surface area contributed by atoms with Crippen molar-refractivity contribution < 1.29 is 17.9 Å². The van der Waals surface area contributed by atoms with Gasteiger partial charge in [0.15, 0.2) is 5.78 Å². The van der Waals surface area contributed by atoms with E-state index < -0.39 is 10.0 Å². The SMILES string of the molecule is O=C(c1ccc(OCCCN2CCCC2NS(=O)(=O)c2ccc(Br)cc2)cc1)C1CC1. The summed E-state index contributed by atoms with van der Waals surface area (Å²) in [5.41, 5.74) is 0.757. The highest BCUT2D eigenvalue weighted by Crippen LogP contribution is 2.32. The molecule has 1 N–H and O–H groups in total. The van der Waals surface area contributed by atoms with Gasteiger partial charge in [0.05, 0.1) is 17.7 Å². The van der Waals surface area contributed by atoms with Gasteiger partial charge in [-0.1, -0.05) is 15.9 Å². The van der Waals surface area contributed by atoms with Gasteiger partial charge in [-0.05, 0) is 87.2 Å². The predicted molar refractivity (Wildman–Crippen MR) is 123 cm³/mol. The fourth-order valence-corrected chi connectivity index (χ4v) is 5.36. The number of carbonyl (C=O) groups excluding carboxylic acids is 1. The molecule has 166 valence electrons. The number of nitrogens with zero attached hydrogens (tertiary/aromatic N) is 1. The fourth-order valence-electron chi connectivity index (χ4n) is 3.84. The number of hydrogen-bond donors (Lipinski definition) is 1. The molecule has 2 aliphatic rings. The maximum atomic E-state index is 12.7. The van der Waals surface area contributed by atoms with Crippen LogP contribution in [-0.2, 0) is 10.0 Å². The molecule has 0 aromatic heterocycles. The third-order valence-corrected chi connectivity index (χ3v) is 7.73. The number of halogens is 1. The normalized spacial score (nSPS) is 19.5. The molecule has 1 atom stereocenters. The largest absolute Gasteiger partial charge is 0.494 e. The van der Waals surface area contributed by atoms with Crippen molar-refractivity contribution in [1.29, 1.82) is 0 Å². The molecule has 6 nitrogen and oxygen atoms in total. The van der Waals surface area contributed by atoms with Gasteiger partial charge in [-0.3, -0.25) is 9.69 Å². The molecule has 0 spiro atoms. The van der Waals surface area contributed by atoms with Gasteiger partial charge in [-0.25, -0.2) is 8.42 Å². The summed E-state index contributed by atoms with van der Waals surface area (Å²) in [5.74, 6) is 1.21. The minimum absolute atomic E-state index is 0.193. The second-order valence-electron chi connectivity index (χ2n) is 8.13. The van der Waals surface area contributed by atoms with Crippen LogP contribution in [-0.4, -0.2) is 45.0 Å². The highest BCUT2D eigenvalue weighted by atomic mass is 79.9. The topological polar surface area (TPSA) is 75.7 Å². The van der Waals surface area contributed by atoms with E-state index in [9.17, 15) is 13.2 Å². The van der Waals surface area contributed by atoms with E-state index in [4.69, 9.17) is 4.74 Å². The van der Waals surface area contributed by atoms with Crippen molar-refractivity contribution >= 4 is 31.7 Å². The van der Waals surface area contributed by atoms with Gasteiger partial charge in [0.1, 0.15) is 5.75 Å². The van der Waals surface area contributed by atoms with Crippen molar-refractivity contribution in [2.45, 2.75) is 43.2 Å². The number of Topliss-reactive ketones (excluding diaryl/α,β-unsaturated/α-hetero) is 1. The number of ketones is 1. The van der Waals surface area contributed by atoms with E-state index in [-0.39, 0.29) is 22.8 Å². The lowest BCUT2D eigenvalue weighted by molar-refractivity contribution is 0.0967. The molecule has 0 bridgehead atoms. The zero-order valence-electron chi connectivity index (χ0n) is 17.3. The number of hydrogen-bond acceptors (Lipinski definition) is 5. The minimum atomic E-state index is -3.55. The van der Waals surface area contributed by atoms with Gasteiger partial charge < -0.3 is 4.74 Å². The standard InChI is InChI=1S/C23H27BrN2O4S/c24-19-8-12-21(13-9-19)31(28,29)25-22-3-1-14-26(22)15-2-16-30-20-10-6-18(7-11-20)23(27)17-4-5-17/h6-13,17,22,25H,1-5,14-16H2. The van der Waals surface area contributed by atoms with Gasteiger partial charge >= 0.3 is 0 Å². The molecule has 4 rings (SSSR count). The predicted octanol–water partition coefficient (Wildman–Crippen LogP) is 4.21. The number of carbonyl (C=O) groups is 1. The van der Waals surface area contributed by atoms with Gasteiger partial charge in [0, 0.05) is 22.5 Å². The van der Waals surface area contributed by atoms with Crippen LogP contribution in [0, 0.1) is 5.92 Å². The van der Waals surface area contributed by atoms with Crippen molar-refractivity contribution in [3.05, 3.63) is 58.6 Å². The van der Waals surface area contributed by atoms with Crippen molar-refractivity contribution in [3.63, 3.8) is 0 Å². The quantitative estimate of drug-likeness (QED) is 0.385. The first kappa shape index (κ1) is 22.5. The van der Waals surface area contributed by atoms with Crippen LogP contribution in [0.1, 0.15) is 42.5 Å². The van der Waals surface area contributed by atoms with Crippen LogP contribution < -0.4 is 9.46 Å². The van der Waals surface area contributed by atoms with E-state index in [0.717, 1.165) is 61.0 Å². The Bertz CT molecular complexity index is 1000. The summed E-state index contributed by atoms with van der Waals surface area (Å²) in [6, 6.07) is 14.0. The van der Waals surface area contributed by atoms with E-state index >= 15 is 0 Å². The molecule has 1 saturated heterocycles. The first-order valence-corrected chi connectivity index (χ1v) is 13.0. The van der Waals surface area contributed by atoms with Crippen molar-refractivity contribution in [2.24, 2.45) is 5.92 Å². The van der Waals surface area contributed by atoms with Crippen LogP contribution in [0.25, 0.3) is 0 Å². The van der Waals surface area contributed by atoms with Gasteiger partial charge in [-0.15, -0.1) is 0 Å². The smallest absolute Gasteiger partial charge is 0.241 e. The van der Waals surface area contributed by atoms with E-state index in [0.29, 0.717) is 6.61 Å². The summed E-state index contributed by atoms with van der Waals surface area (Å²) >= 11 is 3.33. The average Bonchev–Trinajstić information content (AvgIpc) is 3.52. The van der Waals surface area contributed by atoms with E-state index in [1.165, 1.54) is 0 Å². The zero-order chi connectivity index (χ0) is 21.8. The third kappa shape index (κ3) is 5.94. The van der Waals surface area contributed by atoms with Crippen molar-refractivity contribution in [1.82, 2.24) is 9.62 Å². The minimum Gasteiger partial charge on any atom is -0.494 e. The number of sulfonamides is 1. The molecule has 2 fully saturated rings. The average molecular weight is 507 g/mol. The Kier molecular flexibility index (Phi) is 7.11. The Morgan fingerprint density at radius 3 is 2.45 bits per heavy atom. The monoisotopic (exact) mass is 506 g/mol. The van der Waals surface area contributed by atoms with Gasteiger partial charge in [-0.2, -0.15) is 4.72 Å². The first-order chi connectivity index (χ1) is 14.9. The summed E-state index contributed by atoms with van der Waals surface area (Å²) in [6.45, 7) is 2.16. The second kappa shape index (κ2) is 9.81. The summed E-state index contributed by atoms with van der Waals surface area (Å²) in [7, 11) is -3.55.